The second-order valence-corrected chi connectivity index (χ2v) is 9.09. The Labute approximate surface area is 224 Å². The molecule has 214 valence electrons. The Hall–Kier alpha value is -4.40. The predicted molar refractivity (Wildman–Crippen MR) is 138 cm³/mol. The zero-order valence-electron chi connectivity index (χ0n) is 21.3. The van der Waals surface area contributed by atoms with Gasteiger partial charge in [0.1, 0.15) is 23.9 Å². The van der Waals surface area contributed by atoms with E-state index in [0.717, 1.165) is 6.42 Å². The van der Waals surface area contributed by atoms with Crippen molar-refractivity contribution in [1.29, 1.82) is 0 Å². The molecule has 0 aromatic heterocycles. The third-order valence-corrected chi connectivity index (χ3v) is 5.96. The van der Waals surface area contributed by atoms with Crippen LogP contribution in [0.4, 0.5) is 0 Å². The van der Waals surface area contributed by atoms with Crippen molar-refractivity contribution in [3.63, 3.8) is 0 Å². The molecule has 1 aliphatic heterocycles. The van der Waals surface area contributed by atoms with E-state index in [0.29, 0.717) is 18.5 Å². The predicted octanol–water partition coefficient (Wildman–Crippen LogP) is -2.25. The summed E-state index contributed by atoms with van der Waals surface area (Å²) < 4.78 is 0. The van der Waals surface area contributed by atoms with Gasteiger partial charge in [-0.15, -0.1) is 0 Å². The smallest absolute Gasteiger partial charge is 0.326 e. The first-order valence-corrected chi connectivity index (χ1v) is 12.4. The van der Waals surface area contributed by atoms with Gasteiger partial charge in [0.05, 0.1) is 12.5 Å². The Balaban J connectivity index is 2.16. The first-order valence-electron chi connectivity index (χ1n) is 12.4. The molecule has 1 aromatic rings. The summed E-state index contributed by atoms with van der Waals surface area (Å²) in [6, 6.07) is 1.21. The van der Waals surface area contributed by atoms with E-state index in [1.165, 1.54) is 12.1 Å². The Morgan fingerprint density at radius 1 is 0.974 bits per heavy atom. The van der Waals surface area contributed by atoms with Crippen LogP contribution in [0.3, 0.4) is 0 Å². The zero-order valence-corrected chi connectivity index (χ0v) is 21.3. The van der Waals surface area contributed by atoms with Crippen molar-refractivity contribution in [2.75, 3.05) is 13.1 Å². The third-order valence-electron chi connectivity index (χ3n) is 5.96. The molecular weight excluding hydrogens is 514 g/mol. The molecular formula is C24H35N7O8. The van der Waals surface area contributed by atoms with Crippen LogP contribution < -0.4 is 32.7 Å². The van der Waals surface area contributed by atoms with Crippen LogP contribution in [0.1, 0.15) is 37.7 Å². The van der Waals surface area contributed by atoms with Crippen LogP contribution in [0, 0.1) is 0 Å². The van der Waals surface area contributed by atoms with Crippen LogP contribution in [0.25, 0.3) is 0 Å². The minimum Gasteiger partial charge on any atom is -0.508 e. The number of carbonyl (C=O) groups is 5. The lowest BCUT2D eigenvalue weighted by Gasteiger charge is -2.24. The number of carbonyl (C=O) groups excluding carboxylic acids is 3. The number of nitrogens with one attached hydrogen (secondary N) is 4. The average Bonchev–Trinajstić information content (AvgIpc) is 3.41. The summed E-state index contributed by atoms with van der Waals surface area (Å²) in [6.45, 7) is 0.760. The van der Waals surface area contributed by atoms with E-state index in [4.69, 9.17) is 11.5 Å². The molecule has 3 amide bonds. The number of rotatable bonds is 15. The Morgan fingerprint density at radius 3 is 2.18 bits per heavy atom. The van der Waals surface area contributed by atoms with E-state index in [2.05, 4.69) is 26.3 Å². The number of nitrogens with zero attached hydrogens (tertiary/aromatic N) is 1. The number of carboxylic acid groups (broad SMARTS) is 2. The van der Waals surface area contributed by atoms with Gasteiger partial charge in [-0.25, -0.2) is 4.79 Å². The molecule has 1 saturated heterocycles. The number of aromatic hydroxyl groups is 1. The number of phenolic OH excluding ortho intramolecular Hbond substituents is 1. The molecule has 11 N–H and O–H groups in total. The standard InChI is InChI=1S/C24H35N7O8/c25-24(26)28-10-2-4-16(23(38)39)29-22(37)18(12-19(33)34)31-21(36)17(11-13-5-7-14(32)8-6-13)30-20(35)15-3-1-9-27-15/h5-8,15-18,27,32H,1-4,9-12H2,(H,29,37)(H,30,35)(H,31,36)(H,33,34)(H,38,39)(H4,25,26,28). The molecule has 1 heterocycles. The topological polar surface area (TPSA) is 259 Å². The van der Waals surface area contributed by atoms with Gasteiger partial charge in [-0.05, 0) is 49.9 Å². The van der Waals surface area contributed by atoms with Crippen LogP contribution in [-0.2, 0) is 30.4 Å². The molecule has 0 aliphatic carbocycles. The molecule has 1 aliphatic rings. The van der Waals surface area contributed by atoms with E-state index in [1.54, 1.807) is 12.1 Å². The maximum absolute atomic E-state index is 13.2. The number of amides is 3. The highest BCUT2D eigenvalue weighted by atomic mass is 16.4. The van der Waals surface area contributed by atoms with Gasteiger partial charge in [-0.3, -0.25) is 24.2 Å². The maximum Gasteiger partial charge on any atom is 0.326 e. The highest BCUT2D eigenvalue weighted by Crippen LogP contribution is 2.13. The van der Waals surface area contributed by atoms with E-state index >= 15 is 0 Å². The van der Waals surface area contributed by atoms with Gasteiger partial charge in [0, 0.05) is 13.0 Å². The third kappa shape index (κ3) is 10.9. The van der Waals surface area contributed by atoms with Crippen molar-refractivity contribution in [2.24, 2.45) is 16.5 Å². The summed E-state index contributed by atoms with van der Waals surface area (Å²) in [4.78, 5) is 65.7. The highest BCUT2D eigenvalue weighted by molar-refractivity contribution is 5.95. The summed E-state index contributed by atoms with van der Waals surface area (Å²) in [5.74, 6) is -5.24. The molecule has 39 heavy (non-hydrogen) atoms. The molecule has 4 atom stereocenters. The van der Waals surface area contributed by atoms with Crippen molar-refractivity contribution in [2.45, 2.75) is 62.7 Å². The number of nitrogens with two attached hydrogens (primary N) is 2. The number of hydrogen-bond acceptors (Lipinski definition) is 8. The van der Waals surface area contributed by atoms with Crippen molar-refractivity contribution in [3.8, 4) is 5.75 Å². The fourth-order valence-corrected chi connectivity index (χ4v) is 3.95. The molecule has 15 nitrogen and oxygen atoms in total. The summed E-state index contributed by atoms with van der Waals surface area (Å²) >= 11 is 0. The fraction of sp³-hybridized carbons (Fsp3) is 0.500. The number of aliphatic imine (C=N–C) groups is 1. The molecule has 1 aromatic carbocycles. The van der Waals surface area contributed by atoms with Gasteiger partial charge in [0.2, 0.25) is 17.7 Å². The molecule has 4 unspecified atom stereocenters. The number of aliphatic carboxylic acids is 2. The van der Waals surface area contributed by atoms with Gasteiger partial charge in [-0.2, -0.15) is 0 Å². The summed E-state index contributed by atoms with van der Waals surface area (Å²) in [6.07, 6.45) is 0.657. The van der Waals surface area contributed by atoms with Gasteiger partial charge in [0.25, 0.3) is 0 Å². The first kappa shape index (κ1) is 30.8. The normalized spacial score (nSPS) is 16.8. The van der Waals surface area contributed by atoms with Gasteiger partial charge in [0.15, 0.2) is 5.96 Å². The fourth-order valence-electron chi connectivity index (χ4n) is 3.95. The minimum atomic E-state index is -1.63. The van der Waals surface area contributed by atoms with Crippen LogP contribution in [-0.4, -0.2) is 88.2 Å². The summed E-state index contributed by atoms with van der Waals surface area (Å²) in [5.41, 5.74) is 11.0. The van der Waals surface area contributed by atoms with E-state index in [9.17, 15) is 39.3 Å². The average molecular weight is 550 g/mol. The van der Waals surface area contributed by atoms with Crippen molar-refractivity contribution < 1.29 is 39.3 Å². The highest BCUT2D eigenvalue weighted by Gasteiger charge is 2.32. The quantitative estimate of drug-likeness (QED) is 0.0641. The zero-order chi connectivity index (χ0) is 28.9. The number of carboxylic acids is 2. The number of hydrogen-bond donors (Lipinski definition) is 9. The largest absolute Gasteiger partial charge is 0.508 e. The second kappa shape index (κ2) is 15.1. The summed E-state index contributed by atoms with van der Waals surface area (Å²) in [5, 5.41) is 38.6. The maximum atomic E-state index is 13.2. The Bertz CT molecular complexity index is 1050. The molecule has 1 fully saturated rings. The van der Waals surface area contributed by atoms with E-state index in [-0.39, 0.29) is 37.5 Å². The van der Waals surface area contributed by atoms with Crippen LogP contribution in [0.5, 0.6) is 5.75 Å². The van der Waals surface area contributed by atoms with Crippen LogP contribution >= 0.6 is 0 Å². The van der Waals surface area contributed by atoms with Crippen molar-refractivity contribution >= 4 is 35.6 Å². The number of phenols is 1. The van der Waals surface area contributed by atoms with Crippen LogP contribution in [0.15, 0.2) is 29.3 Å². The van der Waals surface area contributed by atoms with Gasteiger partial charge in [-0.1, -0.05) is 12.1 Å². The van der Waals surface area contributed by atoms with Crippen LogP contribution in [0.2, 0.25) is 0 Å². The van der Waals surface area contributed by atoms with E-state index in [1.807, 2.05) is 0 Å². The first-order chi connectivity index (χ1) is 18.5. The van der Waals surface area contributed by atoms with Crippen molar-refractivity contribution in [3.05, 3.63) is 29.8 Å². The van der Waals surface area contributed by atoms with E-state index < -0.39 is 60.2 Å². The number of guanidine groups is 1. The minimum absolute atomic E-state index is 0.00317. The molecule has 0 saturated carbocycles. The lowest BCUT2D eigenvalue weighted by molar-refractivity contribution is -0.143. The van der Waals surface area contributed by atoms with Gasteiger partial charge < -0.3 is 48.1 Å². The van der Waals surface area contributed by atoms with Crippen molar-refractivity contribution in [1.82, 2.24) is 21.3 Å². The molecule has 2 rings (SSSR count). The molecule has 0 bridgehead atoms. The molecule has 0 spiro atoms. The lowest BCUT2D eigenvalue weighted by Crippen LogP contribution is -2.58. The monoisotopic (exact) mass is 549 g/mol. The summed E-state index contributed by atoms with van der Waals surface area (Å²) in [7, 11) is 0. The molecule has 15 heteroatoms. The second-order valence-electron chi connectivity index (χ2n) is 9.09. The SMILES string of the molecule is NC(N)=NCCCC(NC(=O)C(CC(=O)O)NC(=O)C(Cc1ccc(O)cc1)NC(=O)C1CCCN1)C(=O)O. The van der Waals surface area contributed by atoms with Gasteiger partial charge >= 0.3 is 11.9 Å². The lowest BCUT2D eigenvalue weighted by atomic mass is 10.0. The Kier molecular flexibility index (Phi) is 11.9. The number of benzene rings is 1. The Morgan fingerprint density at radius 2 is 1.62 bits per heavy atom. The molecule has 0 radical (unpaired) electrons.